The zero-order valence-corrected chi connectivity index (χ0v) is 10.0. The van der Waals surface area contributed by atoms with Crippen LogP contribution in [0.2, 0.25) is 10.6 Å². The summed E-state index contributed by atoms with van der Waals surface area (Å²) in [6, 6.07) is 0. The summed E-state index contributed by atoms with van der Waals surface area (Å²) in [6.07, 6.45) is 0. The minimum absolute atomic E-state index is 0.315. The van der Waals surface area contributed by atoms with Crippen LogP contribution in [0.25, 0.3) is 0 Å². The van der Waals surface area contributed by atoms with Crippen molar-refractivity contribution in [2.75, 3.05) is 0 Å². The molecule has 0 amide bonds. The van der Waals surface area contributed by atoms with Gasteiger partial charge in [0.1, 0.15) is 0 Å². The van der Waals surface area contributed by atoms with Crippen molar-refractivity contribution >= 4 is 60.1 Å². The van der Waals surface area contributed by atoms with E-state index in [4.69, 9.17) is 0 Å². The van der Waals surface area contributed by atoms with Crippen LogP contribution in [0.15, 0.2) is 4.79 Å². The first-order valence-electron chi connectivity index (χ1n) is 2.76. The average molecular weight is 302 g/mol. The fourth-order valence-corrected chi connectivity index (χ4v) is 11.3. The van der Waals surface area contributed by atoms with Gasteiger partial charge in [-0.05, 0) is 0 Å². The van der Waals surface area contributed by atoms with Gasteiger partial charge in [0.25, 0.3) is 0 Å². The van der Waals surface area contributed by atoms with Crippen molar-refractivity contribution in [3.63, 3.8) is 0 Å². The van der Waals surface area contributed by atoms with Gasteiger partial charge in [-0.3, -0.25) is 0 Å². The molecule has 0 bridgehead atoms. The van der Waals surface area contributed by atoms with E-state index in [0.29, 0.717) is 34.0 Å². The van der Waals surface area contributed by atoms with Crippen molar-refractivity contribution < 1.29 is 0 Å². The Balaban J connectivity index is 2.50. The van der Waals surface area contributed by atoms with Crippen molar-refractivity contribution in [1.82, 2.24) is 0 Å². The maximum absolute atomic E-state index is 10.9. The molecule has 1 nitrogen and oxygen atoms in total. The Morgan fingerprint density at radius 3 is 2.10 bits per heavy atom. The zero-order valence-electron chi connectivity index (χ0n) is 4.96. The van der Waals surface area contributed by atoms with E-state index in [9.17, 15) is 4.79 Å². The van der Waals surface area contributed by atoms with E-state index in [-0.39, 0.29) is 0 Å². The zero-order chi connectivity index (χ0) is 6.97. The Morgan fingerprint density at radius 1 is 1.10 bits per heavy atom. The average Bonchev–Trinajstić information content (AvgIpc) is 2.27. The molecule has 0 saturated heterocycles. The van der Waals surface area contributed by atoms with Gasteiger partial charge in [0, 0.05) is 0 Å². The van der Waals surface area contributed by atoms with Crippen molar-refractivity contribution in [3.05, 3.63) is 8.85 Å². The third kappa shape index (κ3) is 1.40. The molecule has 54 valence electrons. The van der Waals surface area contributed by atoms with E-state index in [1.807, 2.05) is 0 Å². The van der Waals surface area contributed by atoms with Gasteiger partial charge in [0.15, 0.2) is 0 Å². The van der Waals surface area contributed by atoms with Gasteiger partial charge in [-0.2, -0.15) is 0 Å². The van der Waals surface area contributed by atoms with E-state index in [0.717, 1.165) is 0 Å². The van der Waals surface area contributed by atoms with Crippen LogP contribution in [0.3, 0.4) is 0 Å². The second kappa shape index (κ2) is 3.10. The van der Waals surface area contributed by atoms with Gasteiger partial charge in [0.2, 0.25) is 0 Å². The van der Waals surface area contributed by atoms with Crippen LogP contribution in [0.1, 0.15) is 0 Å². The first-order chi connectivity index (χ1) is 4.86. The van der Waals surface area contributed by atoms with E-state index in [2.05, 4.69) is 0 Å². The molecule has 1 aromatic heterocycles. The normalized spacial score (nSPS) is 16.8. The topological polar surface area (TPSA) is 17.1 Å². The van der Waals surface area contributed by atoms with Crippen molar-refractivity contribution in [3.8, 4) is 0 Å². The Kier molecular flexibility index (Phi) is 2.33. The van der Waals surface area contributed by atoms with Gasteiger partial charge in [0.05, 0.1) is 0 Å². The Morgan fingerprint density at radius 2 is 1.60 bits per heavy atom. The van der Waals surface area contributed by atoms with Gasteiger partial charge in [-0.15, -0.1) is 0 Å². The second-order valence-corrected chi connectivity index (χ2v) is 9.75. The first-order valence-corrected chi connectivity index (χ1v) is 8.52. The molecule has 0 aromatic carbocycles. The van der Waals surface area contributed by atoms with E-state index < -0.39 is 0 Å². The monoisotopic (exact) mass is 304 g/mol. The molecule has 5 heteroatoms. The first kappa shape index (κ1) is 7.53. The van der Waals surface area contributed by atoms with Gasteiger partial charge in [-0.1, -0.05) is 0 Å². The summed E-state index contributed by atoms with van der Waals surface area (Å²) in [5, 5.41) is 2.74. The van der Waals surface area contributed by atoms with Crippen LogP contribution in [0.4, 0.5) is 0 Å². The van der Waals surface area contributed by atoms with E-state index in [1.54, 1.807) is 0 Å². The Hall–Kier alpha value is 0.889. The molecule has 0 N–H and O–H groups in total. The van der Waals surface area contributed by atoms with Gasteiger partial charge in [-0.25, -0.2) is 0 Å². The van der Waals surface area contributed by atoms with Crippen molar-refractivity contribution in [2.24, 2.45) is 0 Å². The predicted octanol–water partition coefficient (Wildman–Crippen LogP) is -0.321. The molecule has 1 aliphatic heterocycles. The third-order valence-corrected chi connectivity index (χ3v) is 11.3. The van der Waals surface area contributed by atoms with Crippen LogP contribution in [-0.4, -0.2) is 29.9 Å². The molecule has 0 atom stereocenters. The fraction of sp³-hybridized carbons (Fsp3) is 0.400. The summed E-state index contributed by atoms with van der Waals surface area (Å²) in [5.41, 5.74) is 0. The van der Waals surface area contributed by atoms with Gasteiger partial charge < -0.3 is 0 Å². The molecule has 0 aliphatic carbocycles. The Bertz CT molecular complexity index is 264. The summed E-state index contributed by atoms with van der Waals surface area (Å²) >= 11 is 4.30. The number of hydrogen-bond acceptors (Lipinski definition) is 3. The summed E-state index contributed by atoms with van der Waals surface area (Å²) in [4.78, 5) is 10.9. The number of fused-ring (bicyclic) bond motifs is 1. The molecule has 1 aromatic rings. The summed E-state index contributed by atoms with van der Waals surface area (Å²) in [6.45, 7) is 0. The second-order valence-electron chi connectivity index (χ2n) is 1.73. The molecule has 0 saturated carbocycles. The van der Waals surface area contributed by atoms with E-state index >= 15 is 0 Å². The molecule has 0 fully saturated rings. The fourth-order valence-electron chi connectivity index (χ4n) is 0.701. The Labute approximate surface area is 79.2 Å². The molecule has 0 spiro atoms. The molecule has 0 unspecified atom stereocenters. The van der Waals surface area contributed by atoms with E-state index in [1.165, 1.54) is 40.9 Å². The van der Waals surface area contributed by atoms with Crippen molar-refractivity contribution in [2.45, 2.75) is 10.6 Å². The van der Waals surface area contributed by atoms with Crippen LogP contribution in [0.5, 0.6) is 0 Å². The quantitative estimate of drug-likeness (QED) is 0.600. The molecular formula is C5H4OS2Se2. The molecule has 2 heterocycles. The molecule has 0 radical (unpaired) electrons. The summed E-state index contributed by atoms with van der Waals surface area (Å²) < 4.78 is 3.22. The molecule has 2 rings (SSSR count). The van der Waals surface area contributed by atoms with Crippen LogP contribution < -0.4 is 11.6 Å². The molecular weight excluding hydrogens is 298 g/mol. The third-order valence-electron chi connectivity index (χ3n) is 1.07. The van der Waals surface area contributed by atoms with Crippen molar-refractivity contribution in [1.29, 1.82) is 0 Å². The van der Waals surface area contributed by atoms with Crippen LogP contribution >= 0.6 is 22.7 Å². The SMILES string of the molecule is O=c1sc2c(s1)[Se]CC[Se]2. The molecule has 10 heavy (non-hydrogen) atoms. The maximum atomic E-state index is 10.9. The summed E-state index contributed by atoms with van der Waals surface area (Å²) in [7, 11) is 0. The number of hydrogen-bond donors (Lipinski definition) is 0. The van der Waals surface area contributed by atoms with Gasteiger partial charge >= 0.3 is 79.6 Å². The standard InChI is InChI=1S/C5H4OS2Se2/c6-5-7-3-4(8-5)10-2-1-9-3/h1-2H2. The number of rotatable bonds is 0. The predicted molar refractivity (Wildman–Crippen MR) is 48.9 cm³/mol. The minimum atomic E-state index is 0.315. The van der Waals surface area contributed by atoms with Crippen LogP contribution in [-0.2, 0) is 0 Å². The summed E-state index contributed by atoms with van der Waals surface area (Å²) in [5.74, 6) is 0. The molecule has 1 aliphatic rings. The van der Waals surface area contributed by atoms with Crippen LogP contribution in [0, 0.1) is 0 Å².